The van der Waals surface area contributed by atoms with E-state index in [0.717, 1.165) is 38.5 Å². The topological polar surface area (TPSA) is 141 Å². The largest absolute Gasteiger partial charge is 0.443 e. The van der Waals surface area contributed by atoms with Gasteiger partial charge in [0.2, 0.25) is 11.7 Å². The highest BCUT2D eigenvalue weighted by Gasteiger charge is 2.76. The normalized spacial score (nSPS) is 42.1. The van der Waals surface area contributed by atoms with Crippen molar-refractivity contribution in [2.24, 2.45) is 45.3 Å². The van der Waals surface area contributed by atoms with Crippen LogP contribution in [0.15, 0.2) is 12.3 Å². The summed E-state index contributed by atoms with van der Waals surface area (Å²) in [4.78, 5) is 51.6. The van der Waals surface area contributed by atoms with Crippen molar-refractivity contribution in [3.63, 3.8) is 0 Å². The molecule has 0 N–H and O–H groups in total. The molecule has 7 aliphatic rings. The third-order valence-corrected chi connectivity index (χ3v) is 13.6. The van der Waals surface area contributed by atoms with Crippen LogP contribution in [0.3, 0.4) is 0 Å². The predicted octanol–water partition coefficient (Wildman–Crippen LogP) is 5.71. The summed E-state index contributed by atoms with van der Waals surface area (Å²) in [7, 11) is 0. The molecule has 2 spiro atoms. The van der Waals surface area contributed by atoms with Crippen molar-refractivity contribution in [3.8, 4) is 6.07 Å². The molecule has 2 amide bonds. The summed E-state index contributed by atoms with van der Waals surface area (Å²) in [6.07, 6.45) is 5.95. The van der Waals surface area contributed by atoms with Gasteiger partial charge in [-0.2, -0.15) is 5.26 Å². The first-order valence-electron chi connectivity index (χ1n) is 17.7. The van der Waals surface area contributed by atoms with Crippen LogP contribution < -0.4 is 0 Å². The van der Waals surface area contributed by atoms with Crippen molar-refractivity contribution in [2.75, 3.05) is 26.4 Å². The van der Waals surface area contributed by atoms with E-state index in [2.05, 4.69) is 19.6 Å². The molecule has 0 aromatic heterocycles. The fourth-order valence-corrected chi connectivity index (χ4v) is 11.1. The summed E-state index contributed by atoms with van der Waals surface area (Å²) in [5.41, 5.74) is -2.75. The molecule has 0 aromatic rings. The van der Waals surface area contributed by atoms with E-state index in [1.807, 2.05) is 20.8 Å². The lowest BCUT2D eigenvalue weighted by molar-refractivity contribution is -0.246. The molecule has 7 fully saturated rings. The number of nitrogens with zero attached hydrogens (tertiary/aromatic N) is 2. The van der Waals surface area contributed by atoms with Gasteiger partial charge in [0, 0.05) is 41.2 Å². The lowest BCUT2D eigenvalue weighted by Gasteiger charge is -2.61. The van der Waals surface area contributed by atoms with Gasteiger partial charge in [-0.15, -0.1) is 0 Å². The molecule has 8 atom stereocenters. The maximum Gasteiger partial charge on any atom is 0.421 e. The van der Waals surface area contributed by atoms with Crippen LogP contribution in [-0.4, -0.2) is 72.6 Å². The van der Waals surface area contributed by atoms with Gasteiger partial charge >= 0.3 is 6.09 Å². The molecule has 0 aromatic carbocycles. The second-order valence-electron chi connectivity index (χ2n) is 16.8. The maximum atomic E-state index is 13.7. The maximum absolute atomic E-state index is 13.7. The minimum absolute atomic E-state index is 0.0319. The van der Waals surface area contributed by atoms with E-state index in [1.165, 1.54) is 4.90 Å². The molecule has 3 saturated heterocycles. The predicted molar refractivity (Wildman–Crippen MR) is 171 cm³/mol. The highest BCUT2D eigenvalue weighted by molar-refractivity contribution is 6.27. The number of carbonyl (C=O) groups excluding carboxylic acids is 4. The van der Waals surface area contributed by atoms with E-state index in [0.29, 0.717) is 51.3 Å². The van der Waals surface area contributed by atoms with Gasteiger partial charge in [0.25, 0.3) is 0 Å². The Morgan fingerprint density at radius 2 is 1.44 bits per heavy atom. The van der Waals surface area contributed by atoms with Gasteiger partial charge in [0.15, 0.2) is 17.9 Å². The first-order chi connectivity index (χ1) is 22.4. The Hall–Kier alpha value is -2.65. The van der Waals surface area contributed by atoms with Crippen LogP contribution in [0.25, 0.3) is 0 Å². The molecule has 4 aliphatic carbocycles. The Kier molecular flexibility index (Phi) is 8.39. The summed E-state index contributed by atoms with van der Waals surface area (Å²) in [6, 6.07) is 2.46. The molecule has 11 heteroatoms. The number of imide groups is 1. The van der Waals surface area contributed by atoms with Crippen LogP contribution >= 0.6 is 0 Å². The number of carbonyl (C=O) groups is 4. The molecule has 48 heavy (non-hydrogen) atoms. The summed E-state index contributed by atoms with van der Waals surface area (Å²) in [5.74, 6) is -2.60. The SMILES string of the molecule is C=C1N(C(=O)OC(C)(C)C)C(=O)[C@@]2(C)C3C4(CC[C@@]13CC[C@H]2C)OCCO4.C[C@@H]1CC[C@@]2(C#N)CCC3(OCCO3)[C@H]2[C@]1(C)C(=O)C=O. The molecule has 7 rings (SSSR count). The van der Waals surface area contributed by atoms with Crippen molar-refractivity contribution in [2.45, 2.75) is 117 Å². The number of allylic oxidation sites excluding steroid dienone is 1. The van der Waals surface area contributed by atoms with Gasteiger partial charge < -0.3 is 23.7 Å². The Bertz CT molecular complexity index is 1430. The number of likely N-dealkylation sites (tertiary alicyclic amines) is 1. The van der Waals surface area contributed by atoms with Crippen LogP contribution in [-0.2, 0) is 38.1 Å². The Balaban J connectivity index is 0.000000173. The van der Waals surface area contributed by atoms with Gasteiger partial charge in [-0.1, -0.05) is 27.4 Å². The fourth-order valence-electron chi connectivity index (χ4n) is 11.1. The smallest absolute Gasteiger partial charge is 0.421 e. The highest BCUT2D eigenvalue weighted by atomic mass is 16.7. The van der Waals surface area contributed by atoms with Crippen molar-refractivity contribution in [3.05, 3.63) is 12.3 Å². The second-order valence-corrected chi connectivity index (χ2v) is 16.8. The molecule has 3 heterocycles. The lowest BCUT2D eigenvalue weighted by Crippen LogP contribution is -2.68. The first kappa shape index (κ1) is 35.2. The number of amides is 2. The standard InChI is InChI=1S/C21H31NO5.C16H21NO4/c1-13-7-8-20-9-10-21(25-11-12-26-21)15(20)19(13,6)16(23)22(14(20)2)17(24)27-18(3,4)5;1-11-3-4-15(10-17)5-6-16(20-7-8-21-16)13(15)14(11,2)12(19)9-18/h13,15H,2,7-12H2,1,3-6H3;9,11,13H,3-8H2,1-2H3/t13-,15?,19-,20+;11-,13+,14+,15+/m11/s1. The van der Waals surface area contributed by atoms with Crippen molar-refractivity contribution in [1.82, 2.24) is 4.90 Å². The van der Waals surface area contributed by atoms with Crippen LogP contribution in [0.1, 0.15) is 99.8 Å². The number of ether oxygens (including phenoxy) is 5. The van der Waals surface area contributed by atoms with Crippen molar-refractivity contribution in [1.29, 1.82) is 5.26 Å². The van der Waals surface area contributed by atoms with Gasteiger partial charge in [0.05, 0.1) is 43.3 Å². The lowest BCUT2D eigenvalue weighted by atomic mass is 9.48. The molecule has 1 unspecified atom stereocenters. The number of Topliss-reactive ketones (excluding diaryl/α,β-unsaturated/α-hetero) is 1. The molecule has 4 saturated carbocycles. The summed E-state index contributed by atoms with van der Waals surface area (Å²) in [5, 5.41) is 9.81. The summed E-state index contributed by atoms with van der Waals surface area (Å²) in [6.45, 7) is 19.6. The van der Waals surface area contributed by atoms with Gasteiger partial charge in [-0.05, 0) is 78.1 Å². The van der Waals surface area contributed by atoms with E-state index in [4.69, 9.17) is 23.7 Å². The number of piperidine rings is 1. The van der Waals surface area contributed by atoms with E-state index in [-0.39, 0.29) is 35.0 Å². The third kappa shape index (κ3) is 4.65. The quantitative estimate of drug-likeness (QED) is 0.265. The molecule has 0 radical (unpaired) electrons. The number of ketones is 1. The number of hydrogen-bond acceptors (Lipinski definition) is 10. The Labute approximate surface area is 284 Å². The first-order valence-corrected chi connectivity index (χ1v) is 17.7. The molecular weight excluding hydrogens is 616 g/mol. The molecule has 264 valence electrons. The van der Waals surface area contributed by atoms with Crippen molar-refractivity contribution < 1.29 is 42.9 Å². The Morgan fingerprint density at radius 1 is 0.896 bits per heavy atom. The van der Waals surface area contributed by atoms with E-state index < -0.39 is 45.3 Å². The number of fused-ring (bicyclic) bond motifs is 2. The van der Waals surface area contributed by atoms with Gasteiger partial charge in [0.1, 0.15) is 5.60 Å². The van der Waals surface area contributed by atoms with E-state index in [9.17, 15) is 24.4 Å². The molecule has 11 nitrogen and oxygen atoms in total. The zero-order chi connectivity index (χ0) is 35.1. The fraction of sp³-hybridized carbons (Fsp3) is 0.811. The van der Waals surface area contributed by atoms with E-state index in [1.54, 1.807) is 20.8 Å². The minimum atomic E-state index is -0.892. The van der Waals surface area contributed by atoms with Crippen molar-refractivity contribution >= 4 is 24.1 Å². The zero-order valence-corrected chi connectivity index (χ0v) is 29.6. The summed E-state index contributed by atoms with van der Waals surface area (Å²) < 4.78 is 29.6. The monoisotopic (exact) mass is 668 g/mol. The zero-order valence-electron chi connectivity index (χ0n) is 29.6. The van der Waals surface area contributed by atoms with Crippen LogP contribution in [0.4, 0.5) is 4.79 Å². The highest BCUT2D eigenvalue weighted by Crippen LogP contribution is 2.72. The average molecular weight is 669 g/mol. The van der Waals surface area contributed by atoms with Gasteiger partial charge in [-0.3, -0.25) is 14.4 Å². The van der Waals surface area contributed by atoms with Crippen LogP contribution in [0.5, 0.6) is 0 Å². The number of hydrogen-bond donors (Lipinski definition) is 0. The molecule has 3 aliphatic heterocycles. The minimum Gasteiger partial charge on any atom is -0.443 e. The second kappa shape index (κ2) is 11.4. The van der Waals surface area contributed by atoms with Gasteiger partial charge in [-0.25, -0.2) is 9.69 Å². The average Bonchev–Trinajstić information content (AvgIpc) is 3.84. The third-order valence-electron chi connectivity index (χ3n) is 13.6. The summed E-state index contributed by atoms with van der Waals surface area (Å²) >= 11 is 0. The molecule has 2 bridgehead atoms. The number of aldehydes is 1. The number of nitriles is 1. The van der Waals surface area contributed by atoms with Crippen LogP contribution in [0, 0.1) is 56.7 Å². The van der Waals surface area contributed by atoms with Crippen LogP contribution in [0.2, 0.25) is 0 Å². The number of rotatable bonds is 2. The Morgan fingerprint density at radius 3 is 1.98 bits per heavy atom. The molecular formula is C37H52N2O9. The van der Waals surface area contributed by atoms with E-state index >= 15 is 0 Å².